The van der Waals surface area contributed by atoms with Gasteiger partial charge < -0.3 is 0 Å². The lowest BCUT2D eigenvalue weighted by molar-refractivity contribution is -0.113. The van der Waals surface area contributed by atoms with E-state index in [0.29, 0.717) is 5.57 Å². The van der Waals surface area contributed by atoms with Crippen LogP contribution in [-0.2, 0) is 4.79 Å². The number of aryl methyl sites for hydroxylation is 5. The van der Waals surface area contributed by atoms with Gasteiger partial charge in [-0.2, -0.15) is 0 Å². The Morgan fingerprint density at radius 2 is 0.909 bits per heavy atom. The van der Waals surface area contributed by atoms with Gasteiger partial charge in [0.1, 0.15) is 0 Å². The van der Waals surface area contributed by atoms with Crippen molar-refractivity contribution in [3.63, 3.8) is 0 Å². The van der Waals surface area contributed by atoms with Gasteiger partial charge in [-0.25, -0.2) is 0 Å². The second kappa shape index (κ2) is 16.2. The molecule has 0 bridgehead atoms. The Bertz CT molecular complexity index is 968. The Balaban J connectivity index is 0.000000418. The third-order valence-electron chi connectivity index (χ3n) is 5.15. The highest BCUT2D eigenvalue weighted by Gasteiger charge is 1.94. The van der Waals surface area contributed by atoms with Gasteiger partial charge in [-0.1, -0.05) is 104 Å². The van der Waals surface area contributed by atoms with Crippen molar-refractivity contribution in [1.82, 2.24) is 0 Å². The summed E-state index contributed by atoms with van der Waals surface area (Å²) in [6.07, 6.45) is 1.45. The summed E-state index contributed by atoms with van der Waals surface area (Å²) < 4.78 is 0. The molecule has 3 aromatic carbocycles. The fourth-order valence-electron chi connectivity index (χ4n) is 2.52. The number of rotatable bonds is 3. The lowest BCUT2D eigenvalue weighted by atomic mass is 10.0. The Morgan fingerprint density at radius 3 is 1.06 bits per heavy atom. The maximum Gasteiger partial charge on any atom is 0.159 e. The smallest absolute Gasteiger partial charge is 0.159 e. The summed E-state index contributed by atoms with van der Waals surface area (Å²) in [5.41, 5.74) is 9.65. The van der Waals surface area contributed by atoms with Crippen molar-refractivity contribution in [2.24, 2.45) is 0 Å². The summed E-state index contributed by atoms with van der Waals surface area (Å²) >= 11 is 0. The molecule has 0 N–H and O–H groups in total. The van der Waals surface area contributed by atoms with Gasteiger partial charge in [-0.15, -0.1) is 0 Å². The molecule has 174 valence electrons. The van der Waals surface area contributed by atoms with Crippen LogP contribution in [0.15, 0.2) is 104 Å². The fourth-order valence-corrected chi connectivity index (χ4v) is 2.52. The highest BCUT2D eigenvalue weighted by molar-refractivity contribution is 5.95. The van der Waals surface area contributed by atoms with E-state index >= 15 is 0 Å². The average Bonchev–Trinajstić information content (AvgIpc) is 2.78. The van der Waals surface area contributed by atoms with E-state index in [0.717, 1.165) is 5.57 Å². The molecule has 0 heterocycles. The molecule has 1 heteroatoms. The fraction of sp³-hybridized carbons (Fsp3) is 0.219. The molecule has 0 unspecified atom stereocenters. The molecule has 0 aromatic heterocycles. The molecule has 0 spiro atoms. The summed E-state index contributed by atoms with van der Waals surface area (Å²) in [7, 11) is 0. The number of ketones is 1. The van der Waals surface area contributed by atoms with E-state index in [4.69, 9.17) is 0 Å². The summed E-state index contributed by atoms with van der Waals surface area (Å²) in [6, 6.07) is 25.0. The number of Topliss-reactive ketones (excluding diaryl/α,β-unsaturated/α-hetero) is 1. The Kier molecular flexibility index (Phi) is 14.5. The normalized spacial score (nSPS) is 8.94. The molecule has 0 radical (unpaired) electrons. The lowest BCUT2D eigenvalue weighted by Gasteiger charge is -2.02. The molecule has 3 rings (SSSR count). The van der Waals surface area contributed by atoms with Crippen LogP contribution < -0.4 is 0 Å². The summed E-state index contributed by atoms with van der Waals surface area (Å²) in [5, 5.41) is 0. The number of benzene rings is 3. The van der Waals surface area contributed by atoms with Crippen LogP contribution in [0.2, 0.25) is 0 Å². The first kappa shape index (κ1) is 29.5. The molecule has 0 saturated carbocycles. The van der Waals surface area contributed by atoms with Gasteiger partial charge in [0.05, 0.1) is 0 Å². The second-order valence-corrected chi connectivity index (χ2v) is 8.05. The van der Waals surface area contributed by atoms with Crippen LogP contribution in [0, 0.1) is 34.6 Å². The van der Waals surface area contributed by atoms with Crippen LogP contribution in [-0.4, -0.2) is 5.78 Å². The van der Waals surface area contributed by atoms with E-state index < -0.39 is 0 Å². The number of hydrogen-bond acceptors (Lipinski definition) is 1. The zero-order valence-corrected chi connectivity index (χ0v) is 21.5. The maximum atomic E-state index is 10.2. The van der Waals surface area contributed by atoms with Crippen molar-refractivity contribution in [1.29, 1.82) is 0 Å². The highest BCUT2D eigenvalue weighted by atomic mass is 16.1. The predicted molar refractivity (Wildman–Crippen MR) is 148 cm³/mol. The largest absolute Gasteiger partial charge is 0.295 e. The molecule has 0 fully saturated rings. The molecule has 0 atom stereocenters. The van der Waals surface area contributed by atoms with Gasteiger partial charge in [-0.05, 0) is 81.8 Å². The van der Waals surface area contributed by atoms with E-state index in [2.05, 4.69) is 115 Å². The first-order valence-electron chi connectivity index (χ1n) is 11.1. The van der Waals surface area contributed by atoms with Gasteiger partial charge in [-0.3, -0.25) is 4.79 Å². The Morgan fingerprint density at radius 1 is 0.606 bits per heavy atom. The Hall–Kier alpha value is -3.45. The number of hydrogen-bond donors (Lipinski definition) is 0. The van der Waals surface area contributed by atoms with Gasteiger partial charge in [0, 0.05) is 5.57 Å². The van der Waals surface area contributed by atoms with Gasteiger partial charge in [0.15, 0.2) is 5.78 Å². The molecule has 0 aliphatic heterocycles. The van der Waals surface area contributed by atoms with Crippen LogP contribution in [0.25, 0.3) is 5.57 Å². The molecule has 0 amide bonds. The van der Waals surface area contributed by atoms with Crippen LogP contribution in [0.5, 0.6) is 0 Å². The van der Waals surface area contributed by atoms with E-state index in [1.165, 1.54) is 46.4 Å². The molecule has 0 saturated heterocycles. The van der Waals surface area contributed by atoms with E-state index in [1.807, 2.05) is 19.1 Å². The van der Waals surface area contributed by atoms with E-state index in [1.54, 1.807) is 0 Å². The molecule has 3 aromatic rings. The predicted octanol–water partition coefficient (Wildman–Crippen LogP) is 8.95. The van der Waals surface area contributed by atoms with Gasteiger partial charge in [0.2, 0.25) is 0 Å². The van der Waals surface area contributed by atoms with Crippen LogP contribution >= 0.6 is 0 Å². The van der Waals surface area contributed by atoms with Gasteiger partial charge in [0.25, 0.3) is 0 Å². The molecule has 0 aliphatic rings. The van der Waals surface area contributed by atoms with Crippen molar-refractivity contribution in [3.05, 3.63) is 138 Å². The highest BCUT2D eigenvalue weighted by Crippen LogP contribution is 2.15. The van der Waals surface area contributed by atoms with Crippen molar-refractivity contribution >= 4 is 11.4 Å². The second-order valence-electron chi connectivity index (χ2n) is 8.05. The van der Waals surface area contributed by atoms with Crippen molar-refractivity contribution in [3.8, 4) is 0 Å². The molecule has 1 nitrogen and oxygen atoms in total. The summed E-state index contributed by atoms with van der Waals surface area (Å²) in [6.45, 7) is 24.7. The lowest BCUT2D eigenvalue weighted by Crippen LogP contribution is -1.88. The SMILES string of the molecule is C=C(C)c1ccccc1C.C=CC(=C)C(C)=O.Cc1ccccc1C.Cc1ccccc1C. The summed E-state index contributed by atoms with van der Waals surface area (Å²) in [5.74, 6) is -0.0185. The maximum absolute atomic E-state index is 10.2. The van der Waals surface area contributed by atoms with Crippen molar-refractivity contribution in [2.75, 3.05) is 0 Å². The van der Waals surface area contributed by atoms with Crippen LogP contribution in [0.1, 0.15) is 47.2 Å². The molecular formula is C32H40O. The van der Waals surface area contributed by atoms with E-state index in [-0.39, 0.29) is 5.78 Å². The van der Waals surface area contributed by atoms with Crippen molar-refractivity contribution in [2.45, 2.75) is 48.5 Å². The van der Waals surface area contributed by atoms with Crippen LogP contribution in [0.4, 0.5) is 0 Å². The first-order valence-corrected chi connectivity index (χ1v) is 11.1. The zero-order valence-electron chi connectivity index (χ0n) is 21.5. The average molecular weight is 441 g/mol. The quantitative estimate of drug-likeness (QED) is 0.293. The zero-order chi connectivity index (χ0) is 25.4. The molecule has 0 aliphatic carbocycles. The third kappa shape index (κ3) is 12.9. The first-order chi connectivity index (χ1) is 15.5. The number of allylic oxidation sites excluding steroid dienone is 3. The number of carbonyl (C=O) groups is 1. The molecule has 33 heavy (non-hydrogen) atoms. The van der Waals surface area contributed by atoms with E-state index in [9.17, 15) is 4.79 Å². The third-order valence-corrected chi connectivity index (χ3v) is 5.15. The minimum absolute atomic E-state index is 0.0185. The number of carbonyl (C=O) groups excluding carboxylic acids is 1. The van der Waals surface area contributed by atoms with Crippen LogP contribution in [0.3, 0.4) is 0 Å². The topological polar surface area (TPSA) is 17.1 Å². The van der Waals surface area contributed by atoms with Crippen molar-refractivity contribution < 1.29 is 4.79 Å². The minimum atomic E-state index is -0.0185. The minimum Gasteiger partial charge on any atom is -0.295 e. The summed E-state index contributed by atoms with van der Waals surface area (Å²) in [4.78, 5) is 10.2. The standard InChI is InChI=1S/C10H12.2C8H10.C6H8O/c1-8(2)10-7-5-4-6-9(10)3;2*1-7-5-3-4-6-8(7)2;1-4-5(2)6(3)7/h4-7H,1H2,2-3H3;2*3-6H,1-2H3;4H,1-2H2,3H3. The molecular weight excluding hydrogens is 400 g/mol. The monoisotopic (exact) mass is 440 g/mol. The van der Waals surface area contributed by atoms with Gasteiger partial charge >= 0.3 is 0 Å². The Labute approximate surface area is 202 Å².